The first-order valence-electron chi connectivity index (χ1n) is 5.88. The summed E-state index contributed by atoms with van der Waals surface area (Å²) in [6, 6.07) is 0. The number of carbonyl (C=O) groups is 1. The monoisotopic (exact) mass is 272 g/mol. The molecule has 0 radical (unpaired) electrons. The van der Waals surface area contributed by atoms with Crippen molar-refractivity contribution in [2.75, 3.05) is 26.4 Å². The van der Waals surface area contributed by atoms with E-state index in [0.29, 0.717) is 26.4 Å². The summed E-state index contributed by atoms with van der Waals surface area (Å²) in [5, 5.41) is 3.81. The number of thiophene rings is 1. The molecule has 6 heteroatoms. The Morgan fingerprint density at radius 2 is 2.33 bits per heavy atom. The van der Waals surface area contributed by atoms with Gasteiger partial charge in [0.15, 0.2) is 17.6 Å². The van der Waals surface area contributed by atoms with Crippen molar-refractivity contribution < 1.29 is 23.7 Å². The SMILES string of the molecule is CCOC(=O)CCOCC1COc2cscc2O1. The minimum Gasteiger partial charge on any atom is -0.485 e. The number of ether oxygens (including phenoxy) is 4. The van der Waals surface area contributed by atoms with Crippen molar-refractivity contribution in [3.8, 4) is 11.5 Å². The summed E-state index contributed by atoms with van der Waals surface area (Å²) >= 11 is 1.54. The smallest absolute Gasteiger partial charge is 0.308 e. The van der Waals surface area contributed by atoms with E-state index in [1.54, 1.807) is 18.3 Å². The van der Waals surface area contributed by atoms with Crippen molar-refractivity contribution in [2.45, 2.75) is 19.4 Å². The minimum absolute atomic E-state index is 0.116. The second-order valence-electron chi connectivity index (χ2n) is 3.78. The van der Waals surface area contributed by atoms with E-state index in [0.717, 1.165) is 11.5 Å². The van der Waals surface area contributed by atoms with Crippen molar-refractivity contribution in [2.24, 2.45) is 0 Å². The van der Waals surface area contributed by atoms with Gasteiger partial charge in [-0.1, -0.05) is 0 Å². The molecule has 0 spiro atoms. The Kier molecular flexibility index (Phi) is 4.83. The molecule has 1 aromatic rings. The fourth-order valence-electron chi connectivity index (χ4n) is 1.55. The Bertz CT molecular complexity index is 390. The van der Waals surface area contributed by atoms with E-state index in [4.69, 9.17) is 18.9 Å². The van der Waals surface area contributed by atoms with E-state index >= 15 is 0 Å². The van der Waals surface area contributed by atoms with Crippen molar-refractivity contribution in [3.63, 3.8) is 0 Å². The first-order valence-corrected chi connectivity index (χ1v) is 6.83. The zero-order valence-electron chi connectivity index (χ0n) is 10.2. The van der Waals surface area contributed by atoms with E-state index in [1.165, 1.54) is 0 Å². The van der Waals surface area contributed by atoms with Crippen LogP contribution in [-0.4, -0.2) is 38.5 Å². The van der Waals surface area contributed by atoms with Crippen LogP contribution in [0.1, 0.15) is 13.3 Å². The molecule has 2 heterocycles. The molecular formula is C12H16O5S. The van der Waals surface area contributed by atoms with Crippen LogP contribution in [0.5, 0.6) is 11.5 Å². The van der Waals surface area contributed by atoms with Crippen LogP contribution in [0.3, 0.4) is 0 Å². The van der Waals surface area contributed by atoms with Gasteiger partial charge >= 0.3 is 5.97 Å². The normalized spacial score (nSPS) is 17.5. The zero-order valence-corrected chi connectivity index (χ0v) is 11.0. The molecule has 0 N–H and O–H groups in total. The number of esters is 1. The predicted octanol–water partition coefficient (Wildman–Crippen LogP) is 1.86. The van der Waals surface area contributed by atoms with E-state index < -0.39 is 0 Å². The first kappa shape index (κ1) is 13.2. The predicted molar refractivity (Wildman–Crippen MR) is 66.3 cm³/mol. The highest BCUT2D eigenvalue weighted by atomic mass is 32.1. The molecule has 1 unspecified atom stereocenters. The standard InChI is InChI=1S/C12H16O5S/c1-2-15-12(13)3-4-14-5-9-6-16-10-7-18-8-11(10)17-9/h7-9H,2-6H2,1H3. The molecule has 0 aliphatic carbocycles. The van der Waals surface area contributed by atoms with Gasteiger partial charge in [0.1, 0.15) is 6.61 Å². The molecule has 1 aliphatic heterocycles. The van der Waals surface area contributed by atoms with Crippen LogP contribution in [0, 0.1) is 0 Å². The molecule has 1 aliphatic rings. The van der Waals surface area contributed by atoms with Crippen LogP contribution in [0.25, 0.3) is 0 Å². The molecule has 0 saturated heterocycles. The highest BCUT2D eigenvalue weighted by Gasteiger charge is 2.21. The van der Waals surface area contributed by atoms with Crippen LogP contribution in [-0.2, 0) is 14.3 Å². The van der Waals surface area contributed by atoms with Gasteiger partial charge in [-0.3, -0.25) is 4.79 Å². The number of fused-ring (bicyclic) bond motifs is 1. The van der Waals surface area contributed by atoms with Gasteiger partial charge in [-0.2, -0.15) is 0 Å². The molecule has 0 aromatic carbocycles. The number of rotatable bonds is 6. The van der Waals surface area contributed by atoms with Gasteiger partial charge in [-0.05, 0) is 6.92 Å². The summed E-state index contributed by atoms with van der Waals surface area (Å²) in [4.78, 5) is 11.1. The summed E-state index contributed by atoms with van der Waals surface area (Å²) < 4.78 is 21.4. The molecule has 0 amide bonds. The minimum atomic E-state index is -0.238. The summed E-state index contributed by atoms with van der Waals surface area (Å²) in [6.45, 7) is 3.41. The molecule has 0 fully saturated rings. The molecule has 2 rings (SSSR count). The Hall–Kier alpha value is -1.27. The Morgan fingerprint density at radius 1 is 1.50 bits per heavy atom. The van der Waals surface area contributed by atoms with Crippen LogP contribution in [0.15, 0.2) is 10.8 Å². The third-order valence-corrected chi connectivity index (χ3v) is 3.07. The van der Waals surface area contributed by atoms with Crippen LogP contribution in [0.4, 0.5) is 0 Å². The third kappa shape index (κ3) is 3.61. The molecule has 100 valence electrons. The van der Waals surface area contributed by atoms with Gasteiger partial charge in [0.25, 0.3) is 0 Å². The summed E-state index contributed by atoms with van der Waals surface area (Å²) in [5.74, 6) is 1.33. The molecule has 0 saturated carbocycles. The number of hydrogen-bond donors (Lipinski definition) is 0. The second kappa shape index (κ2) is 6.61. The molecule has 5 nitrogen and oxygen atoms in total. The van der Waals surface area contributed by atoms with E-state index in [9.17, 15) is 4.79 Å². The maximum Gasteiger partial charge on any atom is 0.308 e. The lowest BCUT2D eigenvalue weighted by molar-refractivity contribution is -0.144. The number of carbonyl (C=O) groups excluding carboxylic acids is 1. The topological polar surface area (TPSA) is 54.0 Å². The van der Waals surface area contributed by atoms with Crippen molar-refractivity contribution in [1.82, 2.24) is 0 Å². The van der Waals surface area contributed by atoms with Crippen molar-refractivity contribution >= 4 is 17.3 Å². The number of hydrogen-bond acceptors (Lipinski definition) is 6. The van der Waals surface area contributed by atoms with Gasteiger partial charge in [0, 0.05) is 10.8 Å². The van der Waals surface area contributed by atoms with Gasteiger partial charge in [0.2, 0.25) is 0 Å². The van der Waals surface area contributed by atoms with Crippen molar-refractivity contribution in [3.05, 3.63) is 10.8 Å². The average Bonchev–Trinajstić information content (AvgIpc) is 2.82. The van der Waals surface area contributed by atoms with Gasteiger partial charge in [-0.15, -0.1) is 11.3 Å². The van der Waals surface area contributed by atoms with Crippen LogP contribution in [0.2, 0.25) is 0 Å². The molecule has 1 atom stereocenters. The van der Waals surface area contributed by atoms with Gasteiger partial charge in [0.05, 0.1) is 26.2 Å². The molecular weight excluding hydrogens is 256 g/mol. The molecule has 1 aromatic heterocycles. The lowest BCUT2D eigenvalue weighted by atomic mass is 10.3. The van der Waals surface area contributed by atoms with E-state index in [-0.39, 0.29) is 18.5 Å². The summed E-state index contributed by atoms with van der Waals surface area (Å²) in [6.07, 6.45) is 0.153. The summed E-state index contributed by atoms with van der Waals surface area (Å²) in [5.41, 5.74) is 0. The van der Waals surface area contributed by atoms with Gasteiger partial charge < -0.3 is 18.9 Å². The first-order chi connectivity index (χ1) is 8.79. The highest BCUT2D eigenvalue weighted by Crippen LogP contribution is 2.35. The lowest BCUT2D eigenvalue weighted by Crippen LogP contribution is -2.33. The zero-order chi connectivity index (χ0) is 12.8. The Labute approximate surface area is 110 Å². The van der Waals surface area contributed by atoms with E-state index in [2.05, 4.69) is 0 Å². The maximum absolute atomic E-state index is 11.1. The summed E-state index contributed by atoms with van der Waals surface area (Å²) in [7, 11) is 0. The fraction of sp³-hybridized carbons (Fsp3) is 0.583. The van der Waals surface area contributed by atoms with Crippen LogP contribution >= 0.6 is 11.3 Å². The van der Waals surface area contributed by atoms with Gasteiger partial charge in [-0.25, -0.2) is 0 Å². The highest BCUT2D eigenvalue weighted by molar-refractivity contribution is 7.08. The average molecular weight is 272 g/mol. The lowest BCUT2D eigenvalue weighted by Gasteiger charge is -2.24. The van der Waals surface area contributed by atoms with Crippen LogP contribution < -0.4 is 9.47 Å². The molecule has 0 bridgehead atoms. The maximum atomic E-state index is 11.1. The Morgan fingerprint density at radius 3 is 3.17 bits per heavy atom. The fourth-order valence-corrected chi connectivity index (χ4v) is 2.22. The molecule has 18 heavy (non-hydrogen) atoms. The van der Waals surface area contributed by atoms with Crippen molar-refractivity contribution in [1.29, 1.82) is 0 Å². The van der Waals surface area contributed by atoms with E-state index in [1.807, 2.05) is 10.8 Å². The third-order valence-electron chi connectivity index (χ3n) is 2.37. The largest absolute Gasteiger partial charge is 0.485 e. The second-order valence-corrected chi connectivity index (χ2v) is 4.52. The quantitative estimate of drug-likeness (QED) is 0.584. The Balaban J connectivity index is 1.62.